The second-order valence-electron chi connectivity index (χ2n) is 5.96. The van der Waals surface area contributed by atoms with Crippen LogP contribution in [0.3, 0.4) is 0 Å². The van der Waals surface area contributed by atoms with Gasteiger partial charge in [-0.25, -0.2) is 12.8 Å². The molecular weight excluding hydrogens is 411 g/mol. The van der Waals surface area contributed by atoms with Gasteiger partial charge in [0, 0.05) is 23.7 Å². The Kier molecular flexibility index (Phi) is 6.19. The monoisotopic (exact) mass is 428 g/mol. The zero-order chi connectivity index (χ0) is 20.3. The van der Waals surface area contributed by atoms with E-state index in [1.807, 2.05) is 0 Å². The van der Waals surface area contributed by atoms with Crippen LogP contribution in [0.2, 0.25) is 5.02 Å². The molecule has 0 atom stereocenters. The standard InChI is InChI=1S/C18H18ClFN2O5S/c1-26-16-5-2-12(18(23)21-15-4-3-13(19)11-14(15)20)10-17(16)28(24,25)22-6-8-27-9-7-22/h2-5,10-11H,6-9H2,1H3,(H,21,23). The molecule has 7 nitrogen and oxygen atoms in total. The molecule has 3 rings (SSSR count). The minimum absolute atomic E-state index is 0.0435. The Hall–Kier alpha value is -2.20. The lowest BCUT2D eigenvalue weighted by molar-refractivity contribution is 0.0729. The first-order chi connectivity index (χ1) is 13.3. The van der Waals surface area contributed by atoms with Crippen molar-refractivity contribution in [2.45, 2.75) is 4.90 Å². The van der Waals surface area contributed by atoms with Crippen molar-refractivity contribution >= 4 is 33.2 Å². The van der Waals surface area contributed by atoms with Crippen molar-refractivity contribution in [3.05, 3.63) is 52.8 Å². The molecule has 150 valence electrons. The number of methoxy groups -OCH3 is 1. The lowest BCUT2D eigenvalue weighted by atomic mass is 10.2. The highest BCUT2D eigenvalue weighted by atomic mass is 35.5. The molecule has 1 N–H and O–H groups in total. The van der Waals surface area contributed by atoms with Crippen LogP contribution in [0.4, 0.5) is 10.1 Å². The van der Waals surface area contributed by atoms with E-state index >= 15 is 0 Å². The molecule has 2 aromatic rings. The number of benzene rings is 2. The van der Waals surface area contributed by atoms with Crippen LogP contribution < -0.4 is 10.1 Å². The smallest absolute Gasteiger partial charge is 0.255 e. The topological polar surface area (TPSA) is 84.9 Å². The zero-order valence-corrected chi connectivity index (χ0v) is 16.5. The summed E-state index contributed by atoms with van der Waals surface area (Å²) < 4.78 is 51.5. The summed E-state index contributed by atoms with van der Waals surface area (Å²) in [6, 6.07) is 7.83. The molecule has 1 aliphatic heterocycles. The maximum atomic E-state index is 13.9. The number of carbonyl (C=O) groups is 1. The summed E-state index contributed by atoms with van der Waals surface area (Å²) >= 11 is 5.70. The van der Waals surface area contributed by atoms with Gasteiger partial charge in [-0.2, -0.15) is 4.31 Å². The van der Waals surface area contributed by atoms with Crippen LogP contribution in [0.5, 0.6) is 5.75 Å². The zero-order valence-electron chi connectivity index (χ0n) is 14.9. The predicted octanol–water partition coefficient (Wildman–Crippen LogP) is 2.76. The first kappa shape index (κ1) is 20.5. The summed E-state index contributed by atoms with van der Waals surface area (Å²) in [7, 11) is -2.55. The summed E-state index contributed by atoms with van der Waals surface area (Å²) in [5.41, 5.74) is -0.0233. The number of carbonyl (C=O) groups excluding carboxylic acids is 1. The normalized spacial score (nSPS) is 15.2. The quantitative estimate of drug-likeness (QED) is 0.791. The summed E-state index contributed by atoms with van der Waals surface area (Å²) in [6.45, 7) is 0.991. The molecule has 0 unspecified atom stereocenters. The summed E-state index contributed by atoms with van der Waals surface area (Å²) in [6.07, 6.45) is 0. The molecular formula is C18H18ClFN2O5S. The Morgan fingerprint density at radius 2 is 1.93 bits per heavy atom. The Morgan fingerprint density at radius 1 is 1.21 bits per heavy atom. The third-order valence-electron chi connectivity index (χ3n) is 4.19. The van der Waals surface area contributed by atoms with Crippen molar-refractivity contribution < 1.29 is 27.1 Å². The van der Waals surface area contributed by atoms with Crippen LogP contribution in [0.25, 0.3) is 0 Å². The number of rotatable bonds is 5. The Balaban J connectivity index is 1.92. The summed E-state index contributed by atoms with van der Waals surface area (Å²) in [4.78, 5) is 12.4. The third-order valence-corrected chi connectivity index (χ3v) is 6.35. The number of amides is 1. The molecule has 0 saturated carbocycles. The lowest BCUT2D eigenvalue weighted by Gasteiger charge is -2.26. The van der Waals surface area contributed by atoms with E-state index in [0.717, 1.165) is 6.07 Å². The molecule has 1 saturated heterocycles. The molecule has 0 bridgehead atoms. The Labute approximate surface area is 167 Å². The molecule has 1 aliphatic rings. The fourth-order valence-electron chi connectivity index (χ4n) is 2.73. The summed E-state index contributed by atoms with van der Waals surface area (Å²) in [5, 5.41) is 2.60. The molecule has 2 aromatic carbocycles. The number of nitrogens with zero attached hydrogens (tertiary/aromatic N) is 1. The van der Waals surface area contributed by atoms with E-state index in [4.69, 9.17) is 21.1 Å². The van der Waals surface area contributed by atoms with Crippen molar-refractivity contribution in [1.82, 2.24) is 4.31 Å². The molecule has 0 radical (unpaired) electrons. The molecule has 1 amide bonds. The van der Waals surface area contributed by atoms with Gasteiger partial charge in [0.2, 0.25) is 10.0 Å². The first-order valence-corrected chi connectivity index (χ1v) is 10.2. The second kappa shape index (κ2) is 8.44. The Bertz CT molecular complexity index is 993. The average Bonchev–Trinajstić information content (AvgIpc) is 2.70. The van der Waals surface area contributed by atoms with E-state index in [-0.39, 0.29) is 53.2 Å². The number of nitrogens with one attached hydrogen (secondary N) is 1. The van der Waals surface area contributed by atoms with Gasteiger partial charge in [-0.15, -0.1) is 0 Å². The van der Waals surface area contributed by atoms with Crippen molar-refractivity contribution in [3.8, 4) is 5.75 Å². The number of anilines is 1. The van der Waals surface area contributed by atoms with Crippen LogP contribution in [0.1, 0.15) is 10.4 Å². The largest absolute Gasteiger partial charge is 0.495 e. The molecule has 0 spiro atoms. The number of sulfonamides is 1. The van der Waals surface area contributed by atoms with Gasteiger partial charge in [-0.1, -0.05) is 11.6 Å². The van der Waals surface area contributed by atoms with Crippen LogP contribution in [0.15, 0.2) is 41.3 Å². The van der Waals surface area contributed by atoms with E-state index in [2.05, 4.69) is 5.32 Å². The average molecular weight is 429 g/mol. The van der Waals surface area contributed by atoms with Gasteiger partial charge in [0.1, 0.15) is 16.5 Å². The number of hydrogen-bond donors (Lipinski definition) is 1. The SMILES string of the molecule is COc1ccc(C(=O)Nc2ccc(Cl)cc2F)cc1S(=O)(=O)N1CCOCC1. The van der Waals surface area contributed by atoms with Gasteiger partial charge < -0.3 is 14.8 Å². The molecule has 1 fully saturated rings. The van der Waals surface area contributed by atoms with Gasteiger partial charge in [-0.05, 0) is 36.4 Å². The van der Waals surface area contributed by atoms with E-state index in [0.29, 0.717) is 0 Å². The van der Waals surface area contributed by atoms with Gasteiger partial charge in [-0.3, -0.25) is 4.79 Å². The highest BCUT2D eigenvalue weighted by molar-refractivity contribution is 7.89. The maximum absolute atomic E-state index is 13.9. The maximum Gasteiger partial charge on any atom is 0.255 e. The number of morpholine rings is 1. The van der Waals surface area contributed by atoms with Crippen molar-refractivity contribution in [1.29, 1.82) is 0 Å². The highest BCUT2D eigenvalue weighted by Crippen LogP contribution is 2.29. The van der Waals surface area contributed by atoms with Gasteiger partial charge in [0.05, 0.1) is 26.0 Å². The fourth-order valence-corrected chi connectivity index (χ4v) is 4.48. The summed E-state index contributed by atoms with van der Waals surface area (Å²) in [5.74, 6) is -1.25. The minimum atomic E-state index is -3.89. The second-order valence-corrected chi connectivity index (χ2v) is 8.30. The van der Waals surface area contributed by atoms with E-state index < -0.39 is 21.7 Å². The number of hydrogen-bond acceptors (Lipinski definition) is 5. The first-order valence-electron chi connectivity index (χ1n) is 8.35. The van der Waals surface area contributed by atoms with E-state index in [9.17, 15) is 17.6 Å². The number of halogens is 2. The van der Waals surface area contributed by atoms with Crippen LogP contribution in [-0.4, -0.2) is 52.0 Å². The van der Waals surface area contributed by atoms with Crippen LogP contribution in [0, 0.1) is 5.82 Å². The predicted molar refractivity (Wildman–Crippen MR) is 102 cm³/mol. The van der Waals surface area contributed by atoms with Gasteiger partial charge in [0.15, 0.2) is 0 Å². The molecule has 0 aromatic heterocycles. The van der Waals surface area contributed by atoms with Crippen LogP contribution >= 0.6 is 11.6 Å². The van der Waals surface area contributed by atoms with Gasteiger partial charge in [0.25, 0.3) is 5.91 Å². The third kappa shape index (κ3) is 4.27. The molecule has 0 aliphatic carbocycles. The minimum Gasteiger partial charge on any atom is -0.495 e. The lowest BCUT2D eigenvalue weighted by Crippen LogP contribution is -2.40. The number of ether oxygens (including phenoxy) is 2. The molecule has 10 heteroatoms. The van der Waals surface area contributed by atoms with Gasteiger partial charge >= 0.3 is 0 Å². The fraction of sp³-hybridized carbons (Fsp3) is 0.278. The highest BCUT2D eigenvalue weighted by Gasteiger charge is 2.30. The van der Waals surface area contributed by atoms with E-state index in [1.54, 1.807) is 0 Å². The van der Waals surface area contributed by atoms with Crippen molar-refractivity contribution in [2.24, 2.45) is 0 Å². The van der Waals surface area contributed by atoms with Crippen LogP contribution in [-0.2, 0) is 14.8 Å². The van der Waals surface area contributed by atoms with Crippen molar-refractivity contribution in [2.75, 3.05) is 38.7 Å². The van der Waals surface area contributed by atoms with E-state index in [1.165, 1.54) is 41.7 Å². The molecule has 1 heterocycles. The molecule has 28 heavy (non-hydrogen) atoms. The Morgan fingerprint density at radius 3 is 2.57 bits per heavy atom. The van der Waals surface area contributed by atoms with Crippen molar-refractivity contribution in [3.63, 3.8) is 0 Å².